The molecule has 1 heteroatoms. The second-order valence-corrected chi connectivity index (χ2v) is 11.0. The minimum atomic E-state index is 0.558. The highest BCUT2D eigenvalue weighted by Crippen LogP contribution is 2.62. The highest BCUT2D eigenvalue weighted by atomic mass is 16.1. The van der Waals surface area contributed by atoms with E-state index in [4.69, 9.17) is 0 Å². The Morgan fingerprint density at radius 3 is 1.46 bits per heavy atom. The Balaban J connectivity index is 1.22. The van der Waals surface area contributed by atoms with Gasteiger partial charge in [-0.15, -0.1) is 0 Å². The van der Waals surface area contributed by atoms with Gasteiger partial charge in [-0.25, -0.2) is 0 Å². The number of carbonyl (C=O) groups is 1. The summed E-state index contributed by atoms with van der Waals surface area (Å²) in [6.07, 6.45) is 12.7. The van der Waals surface area contributed by atoms with E-state index in [-0.39, 0.29) is 0 Å². The summed E-state index contributed by atoms with van der Waals surface area (Å²) in [6.45, 7) is 9.92. The molecule has 1 nitrogen and oxygen atoms in total. The number of carbonyl (C=O) groups excluding carboxylic acids is 1. The van der Waals surface area contributed by atoms with Crippen molar-refractivity contribution in [3.63, 3.8) is 0 Å². The zero-order valence-electron chi connectivity index (χ0n) is 16.4. The molecule has 136 valence electrons. The van der Waals surface area contributed by atoms with E-state index in [9.17, 15) is 4.79 Å². The van der Waals surface area contributed by atoms with Crippen LogP contribution in [0.3, 0.4) is 0 Å². The Morgan fingerprint density at radius 2 is 1.17 bits per heavy atom. The molecule has 0 heterocycles. The van der Waals surface area contributed by atoms with Gasteiger partial charge < -0.3 is 0 Å². The summed E-state index contributed by atoms with van der Waals surface area (Å²) >= 11 is 0. The molecule has 4 aliphatic rings. The van der Waals surface area contributed by atoms with Gasteiger partial charge in [0.15, 0.2) is 0 Å². The van der Waals surface area contributed by atoms with Crippen molar-refractivity contribution in [1.29, 1.82) is 0 Å². The Kier molecular flexibility index (Phi) is 4.17. The molecule has 6 unspecified atom stereocenters. The van der Waals surface area contributed by atoms with Crippen LogP contribution in [0.2, 0.25) is 0 Å². The quantitative estimate of drug-likeness (QED) is 0.561. The fourth-order valence-corrected chi connectivity index (χ4v) is 7.90. The molecular formula is C23H38O. The molecule has 4 saturated carbocycles. The van der Waals surface area contributed by atoms with Crippen molar-refractivity contribution < 1.29 is 4.79 Å². The van der Waals surface area contributed by atoms with Crippen LogP contribution >= 0.6 is 0 Å². The maximum atomic E-state index is 12.5. The Bertz CT molecular complexity index is 458. The van der Waals surface area contributed by atoms with Gasteiger partial charge in [0.1, 0.15) is 5.78 Å². The van der Waals surface area contributed by atoms with E-state index < -0.39 is 0 Å². The van der Waals surface area contributed by atoms with Crippen LogP contribution in [0.1, 0.15) is 91.9 Å². The minimum absolute atomic E-state index is 0.558. The zero-order valence-corrected chi connectivity index (χ0v) is 16.4. The van der Waals surface area contributed by atoms with Gasteiger partial charge in [-0.1, -0.05) is 27.7 Å². The molecule has 4 aliphatic carbocycles. The summed E-state index contributed by atoms with van der Waals surface area (Å²) in [6, 6.07) is 0. The molecule has 0 radical (unpaired) electrons. The van der Waals surface area contributed by atoms with Crippen LogP contribution in [0.25, 0.3) is 0 Å². The average molecular weight is 331 g/mol. The molecule has 0 aromatic rings. The van der Waals surface area contributed by atoms with E-state index in [1.807, 2.05) is 0 Å². The molecule has 0 saturated heterocycles. The van der Waals surface area contributed by atoms with Crippen molar-refractivity contribution in [3.8, 4) is 0 Å². The van der Waals surface area contributed by atoms with Gasteiger partial charge in [0.05, 0.1) is 0 Å². The van der Waals surface area contributed by atoms with E-state index in [1.54, 1.807) is 0 Å². The van der Waals surface area contributed by atoms with Gasteiger partial charge in [0.25, 0.3) is 0 Å². The van der Waals surface area contributed by atoms with Crippen LogP contribution < -0.4 is 0 Å². The maximum Gasteiger partial charge on any atom is 0.132 e. The maximum absolute atomic E-state index is 12.5. The summed E-state index contributed by atoms with van der Waals surface area (Å²) in [5, 5.41) is 0. The standard InChI is InChI=1S/C23H38O/c1-22(2)17-7-11-20(22)15(13-17)5-9-19(24)10-6-16-14-18-8-12-21(16)23(18,3)4/h15-18,20-21H,5-14H2,1-4H3. The largest absolute Gasteiger partial charge is 0.300 e. The number of hydrogen-bond donors (Lipinski definition) is 0. The molecule has 4 fully saturated rings. The van der Waals surface area contributed by atoms with E-state index in [0.29, 0.717) is 16.6 Å². The summed E-state index contributed by atoms with van der Waals surface area (Å²) in [7, 11) is 0. The van der Waals surface area contributed by atoms with E-state index >= 15 is 0 Å². The minimum Gasteiger partial charge on any atom is -0.300 e. The molecule has 6 atom stereocenters. The predicted octanol–water partition coefficient (Wildman–Crippen LogP) is 6.26. The fraction of sp³-hybridized carbons (Fsp3) is 0.957. The first-order valence-corrected chi connectivity index (χ1v) is 10.8. The van der Waals surface area contributed by atoms with Crippen molar-refractivity contribution in [2.24, 2.45) is 46.3 Å². The fourth-order valence-electron chi connectivity index (χ4n) is 7.90. The Labute approximate surface area is 149 Å². The van der Waals surface area contributed by atoms with Crippen molar-refractivity contribution in [2.45, 2.75) is 91.9 Å². The highest BCUT2D eigenvalue weighted by molar-refractivity contribution is 5.78. The third-order valence-corrected chi connectivity index (χ3v) is 9.57. The molecule has 4 rings (SSSR count). The summed E-state index contributed by atoms with van der Waals surface area (Å²) in [5.41, 5.74) is 1.12. The lowest BCUT2D eigenvalue weighted by atomic mass is 9.78. The van der Waals surface area contributed by atoms with Gasteiger partial charge in [-0.2, -0.15) is 0 Å². The van der Waals surface area contributed by atoms with Crippen molar-refractivity contribution in [2.75, 3.05) is 0 Å². The first-order chi connectivity index (χ1) is 11.3. The summed E-state index contributed by atoms with van der Waals surface area (Å²) in [5.74, 6) is 5.96. The Hall–Kier alpha value is -0.330. The number of hydrogen-bond acceptors (Lipinski definition) is 1. The Morgan fingerprint density at radius 1 is 0.750 bits per heavy atom. The molecule has 4 bridgehead atoms. The number of rotatable bonds is 6. The molecular weight excluding hydrogens is 292 g/mol. The van der Waals surface area contributed by atoms with E-state index in [1.165, 1.54) is 51.4 Å². The van der Waals surface area contributed by atoms with Gasteiger partial charge in [0, 0.05) is 12.8 Å². The smallest absolute Gasteiger partial charge is 0.132 e. The van der Waals surface area contributed by atoms with E-state index in [0.717, 1.165) is 48.3 Å². The van der Waals surface area contributed by atoms with Crippen LogP contribution in [0, 0.1) is 46.3 Å². The van der Waals surface area contributed by atoms with Crippen LogP contribution in [0.4, 0.5) is 0 Å². The summed E-state index contributed by atoms with van der Waals surface area (Å²) in [4.78, 5) is 12.5. The molecule has 24 heavy (non-hydrogen) atoms. The molecule has 0 aromatic carbocycles. The van der Waals surface area contributed by atoms with Crippen molar-refractivity contribution in [1.82, 2.24) is 0 Å². The summed E-state index contributed by atoms with van der Waals surface area (Å²) < 4.78 is 0. The molecule has 0 aliphatic heterocycles. The van der Waals surface area contributed by atoms with Gasteiger partial charge in [0.2, 0.25) is 0 Å². The second kappa shape index (κ2) is 5.85. The normalized spacial score (nSPS) is 44.3. The van der Waals surface area contributed by atoms with Crippen molar-refractivity contribution in [3.05, 3.63) is 0 Å². The molecule has 0 aromatic heterocycles. The number of Topliss-reactive ketones (excluding diaryl/α,β-unsaturated/α-hetero) is 1. The topological polar surface area (TPSA) is 17.1 Å². The lowest BCUT2D eigenvalue weighted by molar-refractivity contribution is -0.119. The third-order valence-electron chi connectivity index (χ3n) is 9.57. The second-order valence-electron chi connectivity index (χ2n) is 11.0. The van der Waals surface area contributed by atoms with Crippen LogP contribution in [0.15, 0.2) is 0 Å². The molecule has 0 spiro atoms. The van der Waals surface area contributed by atoms with Crippen LogP contribution in [-0.4, -0.2) is 5.78 Å². The van der Waals surface area contributed by atoms with Crippen LogP contribution in [-0.2, 0) is 4.79 Å². The highest BCUT2D eigenvalue weighted by Gasteiger charge is 2.53. The van der Waals surface area contributed by atoms with Crippen molar-refractivity contribution >= 4 is 5.78 Å². The van der Waals surface area contributed by atoms with E-state index in [2.05, 4.69) is 27.7 Å². The van der Waals surface area contributed by atoms with Gasteiger partial charge in [-0.3, -0.25) is 4.79 Å². The zero-order chi connectivity index (χ0) is 17.1. The monoisotopic (exact) mass is 330 g/mol. The van der Waals surface area contributed by atoms with Gasteiger partial charge >= 0.3 is 0 Å². The number of fused-ring (bicyclic) bond motifs is 4. The molecule has 0 amide bonds. The van der Waals surface area contributed by atoms with Crippen LogP contribution in [0.5, 0.6) is 0 Å². The molecule has 0 N–H and O–H groups in total. The lowest BCUT2D eigenvalue weighted by Gasteiger charge is -2.27. The average Bonchev–Trinajstić information content (AvgIpc) is 3.16. The number of ketones is 1. The lowest BCUT2D eigenvalue weighted by Crippen LogP contribution is -2.21. The predicted molar refractivity (Wildman–Crippen MR) is 99.7 cm³/mol. The van der Waals surface area contributed by atoms with Gasteiger partial charge in [-0.05, 0) is 97.7 Å². The third kappa shape index (κ3) is 2.60. The first-order valence-electron chi connectivity index (χ1n) is 10.8. The SMILES string of the molecule is CC1(C)C2CCC1C(CCC(=O)CCC1CC3CCC1C3(C)C)C2. The first kappa shape index (κ1) is 17.1.